The zero-order valence-electron chi connectivity index (χ0n) is 19.4. The lowest BCUT2D eigenvalue weighted by atomic mass is 9.94. The second-order valence-corrected chi connectivity index (χ2v) is 8.59. The van der Waals surface area contributed by atoms with Crippen LogP contribution >= 0.6 is 0 Å². The number of aliphatic carboxylic acids is 1. The van der Waals surface area contributed by atoms with E-state index in [1.165, 1.54) is 12.1 Å². The van der Waals surface area contributed by atoms with Crippen molar-refractivity contribution < 1.29 is 18.7 Å². The summed E-state index contributed by atoms with van der Waals surface area (Å²) in [6, 6.07) is 30.4. The van der Waals surface area contributed by atoms with E-state index < -0.39 is 23.6 Å². The molecule has 1 N–H and O–H groups in total. The van der Waals surface area contributed by atoms with Crippen molar-refractivity contribution in [2.75, 3.05) is 0 Å². The average molecular weight is 472 g/mol. The fraction of sp³-hybridized carbons (Fsp3) is 0.167. The smallest absolute Gasteiger partial charge is 0.305 e. The Hall–Kier alpha value is -3.83. The van der Waals surface area contributed by atoms with Crippen LogP contribution in [0.15, 0.2) is 103 Å². The molecule has 0 aliphatic carbocycles. The maximum absolute atomic E-state index is 14.5. The number of carboxylic acid groups (broad SMARTS) is 1. The van der Waals surface area contributed by atoms with E-state index in [-0.39, 0.29) is 18.0 Å². The van der Waals surface area contributed by atoms with Crippen LogP contribution in [0.5, 0.6) is 0 Å². The predicted octanol–water partition coefficient (Wildman–Crippen LogP) is 7.41. The molecular formula is C30H27F2NO2. The van der Waals surface area contributed by atoms with Gasteiger partial charge in [0.2, 0.25) is 0 Å². The van der Waals surface area contributed by atoms with E-state index in [0.717, 1.165) is 22.8 Å². The first-order valence-corrected chi connectivity index (χ1v) is 11.5. The highest BCUT2D eigenvalue weighted by Gasteiger charge is 2.29. The molecule has 0 saturated carbocycles. The molecule has 178 valence electrons. The molecule has 2 atom stereocenters. The van der Waals surface area contributed by atoms with Crippen LogP contribution in [0.2, 0.25) is 0 Å². The molecule has 4 rings (SSSR count). The highest BCUT2D eigenvalue weighted by Crippen LogP contribution is 2.36. The number of benzene rings is 4. The van der Waals surface area contributed by atoms with Gasteiger partial charge in [0.25, 0.3) is 0 Å². The van der Waals surface area contributed by atoms with Gasteiger partial charge in [0.1, 0.15) is 0 Å². The van der Waals surface area contributed by atoms with Gasteiger partial charge in [-0.1, -0.05) is 91.0 Å². The molecule has 0 saturated heterocycles. The monoisotopic (exact) mass is 471 g/mol. The maximum Gasteiger partial charge on any atom is 0.305 e. The summed E-state index contributed by atoms with van der Waals surface area (Å²) in [4.78, 5) is 14.2. The Labute approximate surface area is 204 Å². The van der Waals surface area contributed by atoms with Crippen LogP contribution in [0.3, 0.4) is 0 Å². The molecule has 0 aromatic heterocycles. The van der Waals surface area contributed by atoms with Crippen molar-refractivity contribution in [1.82, 2.24) is 4.90 Å². The summed E-state index contributed by atoms with van der Waals surface area (Å²) in [6.07, 6.45) is -0.140. The molecule has 0 heterocycles. The maximum atomic E-state index is 14.5. The summed E-state index contributed by atoms with van der Waals surface area (Å²) >= 11 is 0. The number of rotatable bonds is 9. The van der Waals surface area contributed by atoms with Crippen molar-refractivity contribution in [2.45, 2.75) is 32.0 Å². The molecule has 0 aliphatic heterocycles. The van der Waals surface area contributed by atoms with Gasteiger partial charge in [-0.2, -0.15) is 0 Å². The van der Waals surface area contributed by atoms with Gasteiger partial charge in [0.05, 0.1) is 6.42 Å². The van der Waals surface area contributed by atoms with E-state index in [1.807, 2.05) is 66.7 Å². The molecule has 5 heteroatoms. The molecule has 4 aromatic carbocycles. The molecule has 0 bridgehead atoms. The highest BCUT2D eigenvalue weighted by atomic mass is 19.2. The van der Waals surface area contributed by atoms with Gasteiger partial charge in [-0.3, -0.25) is 9.69 Å². The number of hydrogen-bond acceptors (Lipinski definition) is 2. The lowest BCUT2D eigenvalue weighted by Crippen LogP contribution is -2.32. The molecule has 0 amide bonds. The predicted molar refractivity (Wildman–Crippen MR) is 134 cm³/mol. The van der Waals surface area contributed by atoms with Crippen LogP contribution in [0.4, 0.5) is 8.78 Å². The van der Waals surface area contributed by atoms with Crippen LogP contribution < -0.4 is 0 Å². The van der Waals surface area contributed by atoms with Gasteiger partial charge in [0.15, 0.2) is 11.6 Å². The Kier molecular flexibility index (Phi) is 7.68. The number of halogens is 2. The van der Waals surface area contributed by atoms with Crippen molar-refractivity contribution >= 4 is 5.97 Å². The van der Waals surface area contributed by atoms with Gasteiger partial charge < -0.3 is 5.11 Å². The Bertz CT molecular complexity index is 1280. The zero-order valence-corrected chi connectivity index (χ0v) is 19.4. The first kappa shape index (κ1) is 24.3. The Morgan fingerprint density at radius 2 is 1.46 bits per heavy atom. The molecule has 4 aromatic rings. The van der Waals surface area contributed by atoms with Crippen LogP contribution in [0.25, 0.3) is 11.1 Å². The normalized spacial score (nSPS) is 12.9. The van der Waals surface area contributed by atoms with Crippen LogP contribution in [-0.4, -0.2) is 16.0 Å². The number of hydrogen-bond donors (Lipinski definition) is 1. The minimum absolute atomic E-state index is 0.102. The van der Waals surface area contributed by atoms with Gasteiger partial charge in [-0.15, -0.1) is 0 Å². The fourth-order valence-corrected chi connectivity index (χ4v) is 4.47. The lowest BCUT2D eigenvalue weighted by Gasteiger charge is -2.37. The van der Waals surface area contributed by atoms with E-state index in [0.29, 0.717) is 12.1 Å². The van der Waals surface area contributed by atoms with E-state index in [2.05, 4.69) is 11.8 Å². The Morgan fingerprint density at radius 3 is 2.14 bits per heavy atom. The first-order chi connectivity index (χ1) is 16.9. The standard InChI is InChI=1S/C30H27F2NO2/c1-21(23-12-6-3-7-13-23)33(20-22-10-4-2-5-11-22)28(19-29(34)35)25-15-8-14-24(18-25)26-16-9-17-27(31)30(26)32/h2-18,21,28H,19-20H2,1H3,(H,34,35)/t21-,28+/m1/s1. The van der Waals surface area contributed by atoms with Crippen molar-refractivity contribution in [3.05, 3.63) is 131 Å². The molecule has 0 spiro atoms. The fourth-order valence-electron chi connectivity index (χ4n) is 4.47. The zero-order chi connectivity index (χ0) is 24.8. The summed E-state index contributed by atoms with van der Waals surface area (Å²) in [5.41, 5.74) is 3.49. The van der Waals surface area contributed by atoms with E-state index in [4.69, 9.17) is 0 Å². The summed E-state index contributed by atoms with van der Waals surface area (Å²) in [5.74, 6) is -2.77. The number of carbonyl (C=O) groups is 1. The van der Waals surface area contributed by atoms with Crippen molar-refractivity contribution in [3.63, 3.8) is 0 Å². The second-order valence-electron chi connectivity index (χ2n) is 8.59. The molecule has 0 fully saturated rings. The minimum atomic E-state index is -0.935. The molecule has 0 aliphatic rings. The summed E-state index contributed by atoms with van der Waals surface area (Å²) in [7, 11) is 0. The lowest BCUT2D eigenvalue weighted by molar-refractivity contribution is -0.138. The number of nitrogens with zero attached hydrogens (tertiary/aromatic N) is 1. The van der Waals surface area contributed by atoms with Crippen molar-refractivity contribution in [2.24, 2.45) is 0 Å². The van der Waals surface area contributed by atoms with Gasteiger partial charge in [-0.05, 0) is 41.3 Å². The second kappa shape index (κ2) is 11.1. The molecule has 0 radical (unpaired) electrons. The van der Waals surface area contributed by atoms with Crippen molar-refractivity contribution in [3.8, 4) is 11.1 Å². The quantitative estimate of drug-likeness (QED) is 0.276. The molecule has 35 heavy (non-hydrogen) atoms. The molecule has 0 unspecified atom stereocenters. The Morgan fingerprint density at radius 1 is 0.829 bits per heavy atom. The third-order valence-electron chi connectivity index (χ3n) is 6.29. The van der Waals surface area contributed by atoms with E-state index in [1.54, 1.807) is 18.2 Å². The minimum Gasteiger partial charge on any atom is -0.481 e. The summed E-state index contributed by atoms with van der Waals surface area (Å²) in [6.45, 7) is 2.58. The summed E-state index contributed by atoms with van der Waals surface area (Å²) < 4.78 is 28.4. The molecular weight excluding hydrogens is 444 g/mol. The summed E-state index contributed by atoms with van der Waals surface area (Å²) in [5, 5.41) is 9.84. The first-order valence-electron chi connectivity index (χ1n) is 11.5. The molecule has 3 nitrogen and oxygen atoms in total. The van der Waals surface area contributed by atoms with Gasteiger partial charge in [0, 0.05) is 24.2 Å². The van der Waals surface area contributed by atoms with Gasteiger partial charge in [-0.25, -0.2) is 8.78 Å². The van der Waals surface area contributed by atoms with E-state index in [9.17, 15) is 18.7 Å². The van der Waals surface area contributed by atoms with Gasteiger partial charge >= 0.3 is 5.97 Å². The van der Waals surface area contributed by atoms with Crippen molar-refractivity contribution in [1.29, 1.82) is 0 Å². The third-order valence-corrected chi connectivity index (χ3v) is 6.29. The largest absolute Gasteiger partial charge is 0.481 e. The van der Waals surface area contributed by atoms with Crippen LogP contribution in [0.1, 0.15) is 42.1 Å². The Balaban J connectivity index is 1.80. The number of carboxylic acids is 1. The average Bonchev–Trinajstić information content (AvgIpc) is 2.88. The van der Waals surface area contributed by atoms with Crippen LogP contribution in [-0.2, 0) is 11.3 Å². The van der Waals surface area contributed by atoms with Crippen LogP contribution in [0, 0.1) is 11.6 Å². The SMILES string of the molecule is C[C@H](c1ccccc1)N(Cc1ccccc1)[C@@H](CC(=O)O)c1cccc(-c2cccc(F)c2F)c1. The third kappa shape index (κ3) is 5.81. The van der Waals surface area contributed by atoms with E-state index >= 15 is 0 Å². The topological polar surface area (TPSA) is 40.5 Å². The highest BCUT2D eigenvalue weighted by molar-refractivity contribution is 5.69.